The van der Waals surface area contributed by atoms with Crippen molar-refractivity contribution in [3.8, 4) is 6.07 Å². The SMILES string of the molecule is CC(C)(C)[C@H](NC(=O)C(F)(F)F)C(=O)N1C[C@H]2[C@@H]([C@H]1C(=O)NC(C#N)c1cnn3cccnc13)C2(C)C. The number of fused-ring (bicyclic) bond motifs is 2. The van der Waals surface area contributed by atoms with Gasteiger partial charge in [-0.2, -0.15) is 23.5 Å². The highest BCUT2D eigenvalue weighted by Crippen LogP contribution is 2.65. The molecule has 3 amide bonds. The summed E-state index contributed by atoms with van der Waals surface area (Å²) in [7, 11) is 0. The molecule has 1 unspecified atom stereocenters. The fourth-order valence-electron chi connectivity index (χ4n) is 5.30. The van der Waals surface area contributed by atoms with Crippen LogP contribution in [0.4, 0.5) is 13.2 Å². The van der Waals surface area contributed by atoms with Gasteiger partial charge >= 0.3 is 12.1 Å². The number of piperidine rings is 1. The van der Waals surface area contributed by atoms with E-state index in [1.807, 2.05) is 25.2 Å². The summed E-state index contributed by atoms with van der Waals surface area (Å²) in [5, 5.41) is 18.4. The zero-order valence-corrected chi connectivity index (χ0v) is 21.0. The van der Waals surface area contributed by atoms with E-state index in [4.69, 9.17) is 0 Å². The second kappa shape index (κ2) is 8.71. The lowest BCUT2D eigenvalue weighted by Gasteiger charge is -2.37. The molecule has 2 N–H and O–H groups in total. The first-order valence-corrected chi connectivity index (χ1v) is 11.8. The molecule has 10 nitrogen and oxygen atoms in total. The van der Waals surface area contributed by atoms with E-state index in [1.165, 1.54) is 42.6 Å². The number of nitrogens with one attached hydrogen (secondary N) is 2. The van der Waals surface area contributed by atoms with Crippen LogP contribution in [-0.2, 0) is 14.4 Å². The number of carbonyl (C=O) groups is 3. The summed E-state index contributed by atoms with van der Waals surface area (Å²) in [5.41, 5.74) is -0.608. The Morgan fingerprint density at radius 1 is 1.22 bits per heavy atom. The van der Waals surface area contributed by atoms with Gasteiger partial charge in [-0.05, 0) is 28.7 Å². The van der Waals surface area contributed by atoms with E-state index in [9.17, 15) is 32.8 Å². The lowest BCUT2D eigenvalue weighted by Crippen LogP contribution is -2.60. The van der Waals surface area contributed by atoms with Crippen LogP contribution in [0.5, 0.6) is 0 Å². The molecule has 2 aromatic rings. The minimum Gasteiger partial charge on any atom is -0.336 e. The third-order valence-electron chi connectivity index (χ3n) is 7.44. The monoisotopic (exact) mass is 519 g/mol. The lowest BCUT2D eigenvalue weighted by molar-refractivity contribution is -0.176. The molecule has 5 atom stereocenters. The van der Waals surface area contributed by atoms with Crippen molar-refractivity contribution in [1.29, 1.82) is 5.26 Å². The van der Waals surface area contributed by atoms with Crippen LogP contribution in [0.2, 0.25) is 0 Å². The highest BCUT2D eigenvalue weighted by molar-refractivity contribution is 5.95. The molecule has 1 aliphatic heterocycles. The van der Waals surface area contributed by atoms with Gasteiger partial charge in [0.2, 0.25) is 11.8 Å². The first-order chi connectivity index (χ1) is 17.1. The van der Waals surface area contributed by atoms with Crippen LogP contribution in [-0.4, -0.2) is 62.0 Å². The summed E-state index contributed by atoms with van der Waals surface area (Å²) in [6.45, 7) is 8.66. The normalized spacial score (nSPS) is 24.1. The number of aromatic nitrogens is 3. The van der Waals surface area contributed by atoms with Gasteiger partial charge in [0.15, 0.2) is 5.65 Å². The van der Waals surface area contributed by atoms with E-state index in [1.54, 1.807) is 12.3 Å². The van der Waals surface area contributed by atoms with Crippen molar-refractivity contribution in [2.24, 2.45) is 22.7 Å². The molecule has 1 saturated carbocycles. The minimum atomic E-state index is -5.17. The summed E-state index contributed by atoms with van der Waals surface area (Å²) < 4.78 is 40.4. The van der Waals surface area contributed by atoms with Gasteiger partial charge < -0.3 is 15.5 Å². The number of nitriles is 1. The van der Waals surface area contributed by atoms with E-state index < -0.39 is 47.4 Å². The minimum absolute atomic E-state index is 0.0506. The van der Waals surface area contributed by atoms with Crippen molar-refractivity contribution < 1.29 is 27.6 Å². The molecular weight excluding hydrogens is 491 g/mol. The van der Waals surface area contributed by atoms with Gasteiger partial charge in [0.05, 0.1) is 17.8 Å². The number of likely N-dealkylation sites (tertiary alicyclic amines) is 1. The fourth-order valence-corrected chi connectivity index (χ4v) is 5.30. The Kier molecular flexibility index (Phi) is 6.21. The topological polar surface area (TPSA) is 132 Å². The number of rotatable bonds is 5. The van der Waals surface area contributed by atoms with Crippen molar-refractivity contribution in [1.82, 2.24) is 30.1 Å². The molecule has 0 aromatic carbocycles. The van der Waals surface area contributed by atoms with Gasteiger partial charge in [-0.3, -0.25) is 14.4 Å². The zero-order valence-electron chi connectivity index (χ0n) is 21.0. The molecule has 1 saturated heterocycles. The third kappa shape index (κ3) is 4.60. The van der Waals surface area contributed by atoms with Crippen LogP contribution in [0.15, 0.2) is 24.7 Å². The predicted octanol–water partition coefficient (Wildman–Crippen LogP) is 1.99. The standard InChI is InChI=1S/C24H28F3N7O3/c1-22(2,3)17(32-21(37)24(25,26)27)20(36)33-11-13-15(23(13,4)5)16(33)19(35)31-14(9-28)12-10-30-34-8-6-7-29-18(12)34/h6-8,10,13-17H,11H2,1-5H3,(H,31,35)(H,32,37)/t13-,14?,15-,16-,17+/m0/s1. The molecule has 37 heavy (non-hydrogen) atoms. The number of carbonyl (C=O) groups excluding carboxylic acids is 3. The molecule has 0 radical (unpaired) electrons. The fraction of sp³-hybridized carbons (Fsp3) is 0.583. The highest BCUT2D eigenvalue weighted by Gasteiger charge is 2.70. The Morgan fingerprint density at radius 3 is 2.49 bits per heavy atom. The van der Waals surface area contributed by atoms with Crippen LogP contribution in [0.3, 0.4) is 0 Å². The van der Waals surface area contributed by atoms with Crippen LogP contribution >= 0.6 is 0 Å². The van der Waals surface area contributed by atoms with Gasteiger partial charge in [-0.1, -0.05) is 34.6 Å². The van der Waals surface area contributed by atoms with Crippen LogP contribution < -0.4 is 10.6 Å². The molecule has 2 aromatic heterocycles. The summed E-state index contributed by atoms with van der Waals surface area (Å²) in [6, 6.07) is 0.0136. The van der Waals surface area contributed by atoms with Crippen molar-refractivity contribution in [2.45, 2.75) is 58.9 Å². The van der Waals surface area contributed by atoms with E-state index in [-0.39, 0.29) is 23.8 Å². The van der Waals surface area contributed by atoms with Gasteiger partial charge in [-0.25, -0.2) is 9.50 Å². The summed E-state index contributed by atoms with van der Waals surface area (Å²) >= 11 is 0. The molecule has 3 heterocycles. The zero-order chi connectivity index (χ0) is 27.5. The predicted molar refractivity (Wildman–Crippen MR) is 123 cm³/mol. The second-order valence-corrected chi connectivity index (χ2v) is 11.2. The summed E-state index contributed by atoms with van der Waals surface area (Å²) in [5.74, 6) is -3.92. The van der Waals surface area contributed by atoms with E-state index in [0.717, 1.165) is 0 Å². The molecule has 13 heteroatoms. The first kappa shape index (κ1) is 26.4. The maximum atomic E-state index is 13.6. The lowest BCUT2D eigenvalue weighted by atomic mass is 9.85. The Bertz CT molecular complexity index is 1290. The Labute approximate surface area is 211 Å². The highest BCUT2D eigenvalue weighted by atomic mass is 19.4. The Morgan fingerprint density at radius 2 is 1.89 bits per heavy atom. The van der Waals surface area contributed by atoms with Crippen molar-refractivity contribution in [2.75, 3.05) is 6.54 Å². The van der Waals surface area contributed by atoms with E-state index in [0.29, 0.717) is 11.2 Å². The molecule has 4 rings (SSSR count). The largest absolute Gasteiger partial charge is 0.471 e. The number of halogens is 3. The number of alkyl halides is 3. The number of hydrogen-bond donors (Lipinski definition) is 2. The maximum Gasteiger partial charge on any atom is 0.471 e. The molecule has 2 fully saturated rings. The van der Waals surface area contributed by atoms with Crippen molar-refractivity contribution in [3.63, 3.8) is 0 Å². The first-order valence-electron chi connectivity index (χ1n) is 11.8. The van der Waals surface area contributed by atoms with Gasteiger partial charge in [0.25, 0.3) is 0 Å². The smallest absolute Gasteiger partial charge is 0.336 e. The van der Waals surface area contributed by atoms with Gasteiger partial charge in [0.1, 0.15) is 18.1 Å². The third-order valence-corrected chi connectivity index (χ3v) is 7.44. The Balaban J connectivity index is 1.61. The molecule has 2 aliphatic rings. The van der Waals surface area contributed by atoms with Gasteiger partial charge in [-0.15, -0.1) is 0 Å². The Hall–Kier alpha value is -3.69. The van der Waals surface area contributed by atoms with E-state index >= 15 is 0 Å². The summed E-state index contributed by atoms with van der Waals surface area (Å²) in [4.78, 5) is 44.3. The molecule has 1 aliphatic carbocycles. The van der Waals surface area contributed by atoms with Crippen molar-refractivity contribution in [3.05, 3.63) is 30.2 Å². The van der Waals surface area contributed by atoms with Crippen LogP contribution in [0.1, 0.15) is 46.2 Å². The average Bonchev–Trinajstić information content (AvgIpc) is 3.19. The maximum absolute atomic E-state index is 13.6. The molecule has 0 spiro atoms. The molecule has 0 bridgehead atoms. The average molecular weight is 520 g/mol. The number of amides is 3. The second-order valence-electron chi connectivity index (χ2n) is 11.2. The van der Waals surface area contributed by atoms with Crippen LogP contribution in [0.25, 0.3) is 5.65 Å². The number of hydrogen-bond acceptors (Lipinski definition) is 6. The molecular formula is C24H28F3N7O3. The number of nitrogens with zero attached hydrogens (tertiary/aromatic N) is 5. The quantitative estimate of drug-likeness (QED) is 0.621. The van der Waals surface area contributed by atoms with Gasteiger partial charge in [0, 0.05) is 18.9 Å². The van der Waals surface area contributed by atoms with E-state index in [2.05, 4.69) is 15.4 Å². The van der Waals surface area contributed by atoms with Crippen LogP contribution in [0, 0.1) is 34.0 Å². The van der Waals surface area contributed by atoms with Crippen molar-refractivity contribution >= 4 is 23.4 Å². The summed E-state index contributed by atoms with van der Waals surface area (Å²) in [6.07, 6.45) is -0.593. The molecule has 198 valence electrons.